The third-order valence-corrected chi connectivity index (χ3v) is 4.74. The standard InChI is InChI=1S/C20H19ClFN5O/c1-2-17-19(26-9-7-13(21)11-18(26)24-17)20(28)23-12-15-8-10-27(25-15)16-5-3-14(22)4-6-16/h3-11,20,23,28H,2,12H2,1H3. The van der Waals surface area contributed by atoms with Crippen LogP contribution in [-0.2, 0) is 13.0 Å². The number of aliphatic hydroxyl groups is 1. The van der Waals surface area contributed by atoms with E-state index in [1.54, 1.807) is 41.3 Å². The zero-order valence-corrected chi connectivity index (χ0v) is 15.9. The van der Waals surface area contributed by atoms with Crippen molar-refractivity contribution in [3.63, 3.8) is 0 Å². The Kier molecular flexibility index (Phi) is 5.13. The summed E-state index contributed by atoms with van der Waals surface area (Å²) >= 11 is 6.04. The normalized spacial score (nSPS) is 12.6. The number of aliphatic hydroxyl groups excluding tert-OH is 1. The number of nitrogens with one attached hydrogen (secondary N) is 1. The first-order chi connectivity index (χ1) is 13.5. The van der Waals surface area contributed by atoms with E-state index in [0.717, 1.165) is 17.1 Å². The van der Waals surface area contributed by atoms with E-state index >= 15 is 0 Å². The first kappa shape index (κ1) is 18.6. The predicted molar refractivity (Wildman–Crippen MR) is 105 cm³/mol. The number of halogens is 2. The third kappa shape index (κ3) is 3.64. The number of imidazole rings is 1. The number of hydrogen-bond acceptors (Lipinski definition) is 4. The molecule has 2 N–H and O–H groups in total. The van der Waals surface area contributed by atoms with Crippen LogP contribution in [0.25, 0.3) is 11.3 Å². The topological polar surface area (TPSA) is 67.4 Å². The van der Waals surface area contributed by atoms with E-state index in [1.807, 2.05) is 17.4 Å². The lowest BCUT2D eigenvalue weighted by atomic mass is 10.2. The van der Waals surface area contributed by atoms with Crippen LogP contribution in [0.2, 0.25) is 5.02 Å². The van der Waals surface area contributed by atoms with E-state index in [0.29, 0.717) is 29.3 Å². The summed E-state index contributed by atoms with van der Waals surface area (Å²) in [7, 11) is 0. The Balaban J connectivity index is 1.51. The number of fused-ring (bicyclic) bond motifs is 1. The fourth-order valence-corrected chi connectivity index (χ4v) is 3.28. The van der Waals surface area contributed by atoms with Gasteiger partial charge in [-0.2, -0.15) is 5.10 Å². The highest BCUT2D eigenvalue weighted by atomic mass is 35.5. The molecule has 4 rings (SSSR count). The Morgan fingerprint density at radius 1 is 1.18 bits per heavy atom. The van der Waals surface area contributed by atoms with E-state index in [2.05, 4.69) is 15.4 Å². The molecule has 0 aliphatic carbocycles. The number of hydrogen-bond donors (Lipinski definition) is 2. The lowest BCUT2D eigenvalue weighted by Crippen LogP contribution is -2.23. The number of aryl methyl sites for hydroxylation is 1. The zero-order valence-electron chi connectivity index (χ0n) is 15.2. The van der Waals surface area contributed by atoms with Crippen LogP contribution in [0.5, 0.6) is 0 Å². The minimum absolute atomic E-state index is 0.290. The quantitative estimate of drug-likeness (QED) is 0.485. The number of pyridine rings is 1. The van der Waals surface area contributed by atoms with Crippen LogP contribution in [0.1, 0.15) is 30.2 Å². The van der Waals surface area contributed by atoms with Gasteiger partial charge in [0.05, 0.1) is 22.8 Å². The number of nitrogens with zero attached hydrogens (tertiary/aromatic N) is 4. The van der Waals surface area contributed by atoms with Gasteiger partial charge in [-0.25, -0.2) is 14.1 Å². The monoisotopic (exact) mass is 399 g/mol. The van der Waals surface area contributed by atoms with Crippen molar-refractivity contribution in [1.29, 1.82) is 0 Å². The molecule has 3 heterocycles. The molecule has 8 heteroatoms. The van der Waals surface area contributed by atoms with Gasteiger partial charge in [0.15, 0.2) is 0 Å². The van der Waals surface area contributed by atoms with E-state index in [9.17, 15) is 9.50 Å². The Labute approximate surface area is 166 Å². The molecular weight excluding hydrogens is 381 g/mol. The number of aromatic nitrogens is 4. The molecule has 0 fully saturated rings. The minimum atomic E-state index is -0.915. The molecule has 1 unspecified atom stereocenters. The molecule has 0 amide bonds. The average Bonchev–Trinajstić information content (AvgIpc) is 3.30. The zero-order chi connectivity index (χ0) is 19.7. The fourth-order valence-electron chi connectivity index (χ4n) is 3.13. The smallest absolute Gasteiger partial charge is 0.148 e. The molecule has 6 nitrogen and oxygen atoms in total. The highest BCUT2D eigenvalue weighted by molar-refractivity contribution is 6.30. The van der Waals surface area contributed by atoms with Crippen molar-refractivity contribution in [3.05, 3.63) is 82.8 Å². The number of rotatable bonds is 6. The van der Waals surface area contributed by atoms with Gasteiger partial charge in [-0.05, 0) is 42.8 Å². The summed E-state index contributed by atoms with van der Waals surface area (Å²) in [6.07, 6.45) is 3.37. The minimum Gasteiger partial charge on any atom is -0.373 e. The molecule has 1 aromatic carbocycles. The Morgan fingerprint density at radius 3 is 2.71 bits per heavy atom. The van der Waals surface area contributed by atoms with Crippen LogP contribution in [0.15, 0.2) is 54.9 Å². The van der Waals surface area contributed by atoms with E-state index in [-0.39, 0.29) is 5.82 Å². The molecule has 0 spiro atoms. The SMILES string of the molecule is CCc1nc2cc(Cl)ccn2c1C(O)NCc1ccn(-c2ccc(F)cc2)n1. The van der Waals surface area contributed by atoms with Gasteiger partial charge in [0.25, 0.3) is 0 Å². The molecule has 28 heavy (non-hydrogen) atoms. The van der Waals surface area contributed by atoms with Gasteiger partial charge in [0.2, 0.25) is 0 Å². The van der Waals surface area contributed by atoms with Gasteiger partial charge in [0, 0.05) is 30.0 Å². The van der Waals surface area contributed by atoms with Gasteiger partial charge < -0.3 is 5.11 Å². The highest BCUT2D eigenvalue weighted by Crippen LogP contribution is 2.22. The Hall–Kier alpha value is -2.74. The van der Waals surface area contributed by atoms with Crippen LogP contribution >= 0.6 is 11.6 Å². The molecule has 0 aliphatic heterocycles. The van der Waals surface area contributed by atoms with Gasteiger partial charge >= 0.3 is 0 Å². The van der Waals surface area contributed by atoms with E-state index < -0.39 is 6.23 Å². The Bertz CT molecular complexity index is 1110. The van der Waals surface area contributed by atoms with Crippen LogP contribution in [0.4, 0.5) is 4.39 Å². The fraction of sp³-hybridized carbons (Fsp3) is 0.200. The van der Waals surface area contributed by atoms with Gasteiger partial charge in [-0.1, -0.05) is 18.5 Å². The summed E-state index contributed by atoms with van der Waals surface area (Å²) in [5, 5.41) is 18.9. The lowest BCUT2D eigenvalue weighted by molar-refractivity contribution is 0.130. The highest BCUT2D eigenvalue weighted by Gasteiger charge is 2.19. The lowest BCUT2D eigenvalue weighted by Gasteiger charge is -2.13. The predicted octanol–water partition coefficient (Wildman–Crippen LogP) is 3.66. The van der Waals surface area contributed by atoms with Crippen molar-refractivity contribution in [1.82, 2.24) is 24.5 Å². The first-order valence-corrected chi connectivity index (χ1v) is 9.31. The molecule has 0 aliphatic rings. The third-order valence-electron chi connectivity index (χ3n) is 4.51. The van der Waals surface area contributed by atoms with E-state index in [4.69, 9.17) is 11.6 Å². The second-order valence-electron chi connectivity index (χ2n) is 6.38. The van der Waals surface area contributed by atoms with Crippen LogP contribution < -0.4 is 5.32 Å². The van der Waals surface area contributed by atoms with Crippen molar-refractivity contribution in [2.24, 2.45) is 0 Å². The molecule has 144 valence electrons. The van der Waals surface area contributed by atoms with E-state index in [1.165, 1.54) is 12.1 Å². The maximum atomic E-state index is 13.1. The van der Waals surface area contributed by atoms with Crippen molar-refractivity contribution in [2.45, 2.75) is 26.1 Å². The van der Waals surface area contributed by atoms with Crippen molar-refractivity contribution in [2.75, 3.05) is 0 Å². The second-order valence-corrected chi connectivity index (χ2v) is 6.82. The molecular formula is C20H19ClFN5O. The summed E-state index contributed by atoms with van der Waals surface area (Å²) < 4.78 is 16.6. The van der Waals surface area contributed by atoms with Crippen LogP contribution in [-0.4, -0.2) is 24.3 Å². The molecule has 1 atom stereocenters. The average molecular weight is 400 g/mol. The maximum Gasteiger partial charge on any atom is 0.148 e. The van der Waals surface area contributed by atoms with Crippen molar-refractivity contribution in [3.8, 4) is 5.69 Å². The maximum absolute atomic E-state index is 13.1. The summed E-state index contributed by atoms with van der Waals surface area (Å²) in [5.41, 5.74) is 3.70. The molecule has 0 radical (unpaired) electrons. The first-order valence-electron chi connectivity index (χ1n) is 8.93. The molecule has 0 bridgehead atoms. The summed E-state index contributed by atoms with van der Waals surface area (Å²) in [4.78, 5) is 4.55. The molecule has 4 aromatic rings. The Morgan fingerprint density at radius 2 is 1.96 bits per heavy atom. The van der Waals surface area contributed by atoms with Crippen molar-refractivity contribution < 1.29 is 9.50 Å². The number of benzene rings is 1. The van der Waals surface area contributed by atoms with Crippen LogP contribution in [0, 0.1) is 5.82 Å². The van der Waals surface area contributed by atoms with Gasteiger partial charge in [-0.3, -0.25) is 9.72 Å². The summed E-state index contributed by atoms with van der Waals surface area (Å²) in [6.45, 7) is 2.35. The molecule has 0 saturated heterocycles. The molecule has 0 saturated carbocycles. The van der Waals surface area contributed by atoms with Crippen LogP contribution in [0.3, 0.4) is 0 Å². The summed E-state index contributed by atoms with van der Waals surface area (Å²) in [6, 6.07) is 11.5. The largest absolute Gasteiger partial charge is 0.373 e. The van der Waals surface area contributed by atoms with Crippen molar-refractivity contribution >= 4 is 17.2 Å². The second kappa shape index (κ2) is 7.71. The summed E-state index contributed by atoms with van der Waals surface area (Å²) in [5.74, 6) is -0.290. The molecule has 3 aromatic heterocycles. The van der Waals surface area contributed by atoms with Gasteiger partial charge in [0.1, 0.15) is 17.7 Å². The van der Waals surface area contributed by atoms with Gasteiger partial charge in [-0.15, -0.1) is 0 Å².